The van der Waals surface area contributed by atoms with E-state index < -0.39 is 0 Å². The maximum Gasteiger partial charge on any atom is 0.323 e. The third kappa shape index (κ3) is 6.98. The van der Waals surface area contributed by atoms with Crippen LogP contribution in [0.2, 0.25) is 0 Å². The number of hydrogen-bond acceptors (Lipinski definition) is 3. The monoisotopic (exact) mass is 385 g/mol. The van der Waals surface area contributed by atoms with E-state index in [0.29, 0.717) is 17.1 Å². The topological polar surface area (TPSA) is 70.2 Å². The summed E-state index contributed by atoms with van der Waals surface area (Å²) < 4.78 is 0. The fourth-order valence-electron chi connectivity index (χ4n) is 2.36. The Bertz CT molecular complexity index is 765. The normalized spacial score (nSPS) is 11.5. The average Bonchev–Trinajstić information content (AvgIpc) is 2.65. The second-order valence-corrected chi connectivity index (χ2v) is 7.78. The molecule has 6 heteroatoms. The quantitative estimate of drug-likeness (QED) is 0.526. The highest BCUT2D eigenvalue weighted by Crippen LogP contribution is 2.22. The van der Waals surface area contributed by atoms with E-state index >= 15 is 0 Å². The molecule has 2 aromatic carbocycles. The lowest BCUT2D eigenvalue weighted by molar-refractivity contribution is -0.115. The van der Waals surface area contributed by atoms with Gasteiger partial charge in [0.2, 0.25) is 5.91 Å². The van der Waals surface area contributed by atoms with Crippen molar-refractivity contribution in [3.8, 4) is 0 Å². The van der Waals surface area contributed by atoms with Crippen molar-refractivity contribution in [2.45, 2.75) is 38.9 Å². The van der Waals surface area contributed by atoms with Gasteiger partial charge < -0.3 is 16.0 Å². The molecule has 0 aliphatic rings. The lowest BCUT2D eigenvalue weighted by Gasteiger charge is -2.15. The van der Waals surface area contributed by atoms with E-state index in [1.54, 1.807) is 17.8 Å². The van der Waals surface area contributed by atoms with Gasteiger partial charge in [-0.2, -0.15) is 0 Å². The number of rotatable bonds is 8. The minimum atomic E-state index is -0.328. The third-order valence-electron chi connectivity index (χ3n) is 4.02. The zero-order valence-electron chi connectivity index (χ0n) is 16.0. The molecule has 27 heavy (non-hydrogen) atoms. The maximum absolute atomic E-state index is 12.4. The molecular weight excluding hydrogens is 358 g/mol. The molecule has 2 aromatic rings. The van der Waals surface area contributed by atoms with Crippen molar-refractivity contribution >= 4 is 40.8 Å². The Kier molecular flexibility index (Phi) is 8.20. The molecule has 0 bridgehead atoms. The van der Waals surface area contributed by atoms with Crippen LogP contribution in [0.25, 0.3) is 0 Å². The summed E-state index contributed by atoms with van der Waals surface area (Å²) in [6.45, 7) is 5.99. The molecule has 0 fully saturated rings. The summed E-state index contributed by atoms with van der Waals surface area (Å²) >= 11 is 1.66. The Morgan fingerprint density at radius 1 is 1.00 bits per heavy atom. The van der Waals surface area contributed by atoms with Crippen LogP contribution < -0.4 is 16.0 Å². The van der Waals surface area contributed by atoms with Gasteiger partial charge in [-0.1, -0.05) is 37.6 Å². The first-order valence-electron chi connectivity index (χ1n) is 9.15. The summed E-state index contributed by atoms with van der Waals surface area (Å²) in [6, 6.07) is 14.4. The Morgan fingerprint density at radius 2 is 1.70 bits per heavy atom. The van der Waals surface area contributed by atoms with Crippen LogP contribution in [0, 0.1) is 6.92 Å². The van der Waals surface area contributed by atoms with Crippen molar-refractivity contribution in [2.24, 2.45) is 0 Å². The number of hydrogen-bond donors (Lipinski definition) is 3. The van der Waals surface area contributed by atoms with Gasteiger partial charge in [-0.15, -0.1) is 11.8 Å². The van der Waals surface area contributed by atoms with Crippen LogP contribution in [0.5, 0.6) is 0 Å². The highest BCUT2D eigenvalue weighted by atomic mass is 32.2. The number of anilines is 3. The molecule has 3 N–H and O–H groups in total. The van der Waals surface area contributed by atoms with Crippen LogP contribution >= 0.6 is 11.8 Å². The lowest BCUT2D eigenvalue weighted by Crippen LogP contribution is -2.23. The van der Waals surface area contributed by atoms with Crippen molar-refractivity contribution in [2.75, 3.05) is 21.7 Å². The van der Waals surface area contributed by atoms with Crippen molar-refractivity contribution in [3.63, 3.8) is 0 Å². The number of aryl methyl sites for hydroxylation is 1. The van der Waals surface area contributed by atoms with Crippen LogP contribution in [0.15, 0.2) is 48.5 Å². The van der Waals surface area contributed by atoms with Crippen LogP contribution in [0.4, 0.5) is 21.9 Å². The molecule has 0 heterocycles. The highest BCUT2D eigenvalue weighted by Gasteiger charge is 2.14. The van der Waals surface area contributed by atoms with Crippen molar-refractivity contribution in [1.29, 1.82) is 0 Å². The number of urea groups is 1. The van der Waals surface area contributed by atoms with Crippen molar-refractivity contribution in [1.82, 2.24) is 0 Å². The molecular formula is C21H27N3O2S. The number of amides is 3. The molecule has 0 radical (unpaired) electrons. The van der Waals surface area contributed by atoms with E-state index in [9.17, 15) is 9.59 Å². The molecule has 0 aliphatic carbocycles. The zero-order chi connectivity index (χ0) is 19.6. The van der Waals surface area contributed by atoms with Gasteiger partial charge in [-0.05, 0) is 55.9 Å². The first-order chi connectivity index (χ1) is 13.0. The molecule has 0 aliphatic heterocycles. The molecule has 5 nitrogen and oxygen atoms in total. The molecule has 1 unspecified atom stereocenters. The fourth-order valence-corrected chi connectivity index (χ4v) is 3.38. The van der Waals surface area contributed by atoms with Gasteiger partial charge in [0.15, 0.2) is 0 Å². The van der Waals surface area contributed by atoms with E-state index in [4.69, 9.17) is 0 Å². The SMILES string of the molecule is CCCCSC(C)C(=O)Nc1cc(NC(=O)Nc2ccccc2)ccc1C. The largest absolute Gasteiger partial charge is 0.325 e. The molecule has 1 atom stereocenters. The Hall–Kier alpha value is -2.47. The maximum atomic E-state index is 12.4. The molecule has 0 spiro atoms. The number of unbranched alkanes of at least 4 members (excludes halogenated alkanes) is 1. The average molecular weight is 386 g/mol. The van der Waals surface area contributed by atoms with Crippen LogP contribution in [0.3, 0.4) is 0 Å². The molecule has 3 amide bonds. The second-order valence-electron chi connectivity index (χ2n) is 6.33. The van der Waals surface area contributed by atoms with E-state index in [-0.39, 0.29) is 17.2 Å². The van der Waals surface area contributed by atoms with Gasteiger partial charge in [0, 0.05) is 17.1 Å². The van der Waals surface area contributed by atoms with Crippen LogP contribution in [-0.2, 0) is 4.79 Å². The predicted molar refractivity (Wildman–Crippen MR) is 116 cm³/mol. The predicted octanol–water partition coefficient (Wildman–Crippen LogP) is 5.50. The minimum absolute atomic E-state index is 0.0231. The van der Waals surface area contributed by atoms with Gasteiger partial charge >= 0.3 is 6.03 Å². The first kappa shape index (κ1) is 20.8. The van der Waals surface area contributed by atoms with Gasteiger partial charge in [0.1, 0.15) is 0 Å². The van der Waals surface area contributed by atoms with E-state index in [2.05, 4.69) is 22.9 Å². The lowest BCUT2D eigenvalue weighted by atomic mass is 10.1. The summed E-state index contributed by atoms with van der Waals surface area (Å²) in [5, 5.41) is 8.42. The second kappa shape index (κ2) is 10.6. The number of carbonyl (C=O) groups is 2. The zero-order valence-corrected chi connectivity index (χ0v) is 16.9. The smallest absolute Gasteiger partial charge is 0.323 e. The number of carbonyl (C=O) groups excluding carboxylic acids is 2. The number of thioether (sulfide) groups is 1. The summed E-state index contributed by atoms with van der Waals surface area (Å²) in [6.07, 6.45) is 2.23. The summed E-state index contributed by atoms with van der Waals surface area (Å²) in [5.74, 6) is 0.954. The third-order valence-corrected chi connectivity index (χ3v) is 5.26. The Morgan fingerprint density at radius 3 is 2.41 bits per heavy atom. The van der Waals surface area contributed by atoms with E-state index in [1.807, 2.05) is 56.3 Å². The minimum Gasteiger partial charge on any atom is -0.325 e. The van der Waals surface area contributed by atoms with Gasteiger partial charge in [-0.25, -0.2) is 4.79 Å². The summed E-state index contributed by atoms with van der Waals surface area (Å²) in [7, 11) is 0. The molecule has 144 valence electrons. The van der Waals surface area contributed by atoms with Crippen LogP contribution in [0.1, 0.15) is 32.3 Å². The Balaban J connectivity index is 1.96. The fraction of sp³-hybridized carbons (Fsp3) is 0.333. The molecule has 0 saturated carbocycles. The van der Waals surface area contributed by atoms with Crippen LogP contribution in [-0.4, -0.2) is 22.9 Å². The number of para-hydroxylation sites is 1. The summed E-state index contributed by atoms with van der Waals surface area (Å²) in [5.41, 5.74) is 2.99. The standard InChI is InChI=1S/C21H27N3O2S/c1-4-5-13-27-16(3)20(25)24-19-14-18(12-11-15(19)2)23-21(26)22-17-9-7-6-8-10-17/h6-12,14,16H,4-5,13H2,1-3H3,(H,24,25)(H2,22,23,26). The number of benzene rings is 2. The molecule has 0 saturated heterocycles. The first-order valence-corrected chi connectivity index (χ1v) is 10.2. The van der Waals surface area contributed by atoms with Gasteiger partial charge in [-0.3, -0.25) is 4.79 Å². The molecule has 2 rings (SSSR count). The summed E-state index contributed by atoms with van der Waals surface area (Å²) in [4.78, 5) is 24.5. The van der Waals surface area contributed by atoms with Gasteiger partial charge in [0.25, 0.3) is 0 Å². The van der Waals surface area contributed by atoms with Crippen molar-refractivity contribution < 1.29 is 9.59 Å². The highest BCUT2D eigenvalue weighted by molar-refractivity contribution is 8.00. The Labute approximate surface area is 165 Å². The van der Waals surface area contributed by atoms with Crippen molar-refractivity contribution in [3.05, 3.63) is 54.1 Å². The molecule has 0 aromatic heterocycles. The van der Waals surface area contributed by atoms with E-state index in [1.165, 1.54) is 0 Å². The van der Waals surface area contributed by atoms with Gasteiger partial charge in [0.05, 0.1) is 5.25 Å². The van der Waals surface area contributed by atoms with E-state index in [0.717, 1.165) is 24.2 Å². The number of nitrogens with one attached hydrogen (secondary N) is 3.